The predicted molar refractivity (Wildman–Crippen MR) is 61.0 cm³/mol. The second kappa shape index (κ2) is 4.18. The monoisotopic (exact) mass is 304 g/mol. The summed E-state index contributed by atoms with van der Waals surface area (Å²) in [5.41, 5.74) is -0.608. The molecule has 0 atom stereocenters. The van der Waals surface area contributed by atoms with Crippen molar-refractivity contribution in [2.24, 2.45) is 0 Å². The van der Waals surface area contributed by atoms with E-state index < -0.39 is 11.7 Å². The lowest BCUT2D eigenvalue weighted by atomic mass is 10.1. The van der Waals surface area contributed by atoms with Gasteiger partial charge in [0.2, 0.25) is 0 Å². The van der Waals surface area contributed by atoms with Gasteiger partial charge in [-0.05, 0) is 35.0 Å². The fourth-order valence-electron chi connectivity index (χ4n) is 1.61. The average Bonchev–Trinajstić information content (AvgIpc) is 2.57. The van der Waals surface area contributed by atoms with E-state index in [2.05, 4.69) is 20.9 Å². The zero-order valence-corrected chi connectivity index (χ0v) is 10.4. The Morgan fingerprint density at radius 3 is 2.41 bits per heavy atom. The van der Waals surface area contributed by atoms with Crippen molar-refractivity contribution in [1.82, 2.24) is 9.55 Å². The number of hydrogen-bond donors (Lipinski definition) is 0. The van der Waals surface area contributed by atoms with Crippen LogP contribution in [0.3, 0.4) is 0 Å². The average molecular weight is 305 g/mol. The molecule has 0 fully saturated rings. The van der Waals surface area contributed by atoms with Crippen molar-refractivity contribution in [3.05, 3.63) is 46.5 Å². The zero-order chi connectivity index (χ0) is 12.6. The molecule has 0 aliphatic heterocycles. The maximum Gasteiger partial charge on any atom is 0.418 e. The minimum atomic E-state index is -4.38. The highest BCUT2D eigenvalue weighted by atomic mass is 79.9. The molecule has 0 amide bonds. The van der Waals surface area contributed by atoms with E-state index in [0.717, 1.165) is 6.07 Å². The van der Waals surface area contributed by atoms with Crippen molar-refractivity contribution in [1.29, 1.82) is 0 Å². The second-order valence-electron chi connectivity index (χ2n) is 3.48. The quantitative estimate of drug-likeness (QED) is 0.780. The van der Waals surface area contributed by atoms with E-state index in [-0.39, 0.29) is 5.69 Å². The van der Waals surface area contributed by atoms with E-state index in [9.17, 15) is 13.2 Å². The molecule has 0 N–H and O–H groups in total. The van der Waals surface area contributed by atoms with Gasteiger partial charge in [0.05, 0.1) is 17.4 Å². The Hall–Kier alpha value is -1.30. The number of hydrogen-bond acceptors (Lipinski definition) is 1. The minimum Gasteiger partial charge on any atom is -0.290 e. The van der Waals surface area contributed by atoms with Gasteiger partial charge in [0.25, 0.3) is 0 Å². The van der Waals surface area contributed by atoms with Gasteiger partial charge in [-0.2, -0.15) is 13.2 Å². The molecule has 2 aromatic rings. The summed E-state index contributed by atoms with van der Waals surface area (Å²) in [6.07, 6.45) is -2.91. The van der Waals surface area contributed by atoms with Crippen LogP contribution in [-0.4, -0.2) is 9.55 Å². The molecule has 2 rings (SSSR count). The molecule has 1 aromatic heterocycles. The van der Waals surface area contributed by atoms with Gasteiger partial charge in [-0.1, -0.05) is 12.1 Å². The Kier molecular flexibility index (Phi) is 2.99. The largest absolute Gasteiger partial charge is 0.418 e. The number of imidazole rings is 1. The van der Waals surface area contributed by atoms with E-state index in [1.807, 2.05) is 0 Å². The van der Waals surface area contributed by atoms with Gasteiger partial charge in [0.15, 0.2) is 0 Å². The van der Waals surface area contributed by atoms with Crippen LogP contribution in [0, 0.1) is 6.92 Å². The standard InChI is InChI=1S/C11H8BrF3N2/c1-7-16-6-10(12)17(7)9-5-3-2-4-8(9)11(13,14)15/h2-6H,1H3. The molecular weight excluding hydrogens is 297 g/mol. The normalized spacial score (nSPS) is 11.8. The molecule has 0 aliphatic carbocycles. The molecule has 17 heavy (non-hydrogen) atoms. The topological polar surface area (TPSA) is 17.8 Å². The van der Waals surface area contributed by atoms with Crippen LogP contribution in [-0.2, 0) is 6.18 Å². The number of para-hydroxylation sites is 1. The van der Waals surface area contributed by atoms with Crippen molar-refractivity contribution in [3.63, 3.8) is 0 Å². The first-order valence-electron chi connectivity index (χ1n) is 4.77. The number of alkyl halides is 3. The molecule has 1 heterocycles. The SMILES string of the molecule is Cc1ncc(Br)n1-c1ccccc1C(F)(F)F. The molecule has 6 heteroatoms. The van der Waals surface area contributed by atoms with E-state index in [1.54, 1.807) is 13.0 Å². The molecule has 0 spiro atoms. The molecule has 0 bridgehead atoms. The molecule has 90 valence electrons. The highest BCUT2D eigenvalue weighted by Crippen LogP contribution is 2.35. The van der Waals surface area contributed by atoms with Gasteiger partial charge >= 0.3 is 6.18 Å². The Morgan fingerprint density at radius 1 is 1.24 bits per heavy atom. The van der Waals surface area contributed by atoms with E-state index in [1.165, 1.54) is 22.9 Å². The lowest BCUT2D eigenvalue weighted by Crippen LogP contribution is -2.11. The van der Waals surface area contributed by atoms with Crippen LogP contribution in [0.25, 0.3) is 5.69 Å². The van der Waals surface area contributed by atoms with E-state index >= 15 is 0 Å². The van der Waals surface area contributed by atoms with Crippen molar-refractivity contribution in [2.45, 2.75) is 13.1 Å². The Morgan fingerprint density at radius 2 is 1.88 bits per heavy atom. The van der Waals surface area contributed by atoms with Crippen molar-refractivity contribution in [3.8, 4) is 5.69 Å². The summed E-state index contributed by atoms with van der Waals surface area (Å²) in [6.45, 7) is 1.65. The zero-order valence-electron chi connectivity index (χ0n) is 8.79. The first-order chi connectivity index (χ1) is 7.91. The van der Waals surface area contributed by atoms with E-state index in [0.29, 0.717) is 10.4 Å². The predicted octanol–water partition coefficient (Wildman–Crippen LogP) is 3.96. The van der Waals surface area contributed by atoms with Gasteiger partial charge in [-0.15, -0.1) is 0 Å². The third-order valence-electron chi connectivity index (χ3n) is 2.35. The Labute approximate surface area is 104 Å². The van der Waals surface area contributed by atoms with Crippen molar-refractivity contribution < 1.29 is 13.2 Å². The van der Waals surface area contributed by atoms with Crippen LogP contribution in [0.1, 0.15) is 11.4 Å². The summed E-state index contributed by atoms with van der Waals surface area (Å²) < 4.78 is 40.5. The Bertz CT molecular complexity index is 526. The molecule has 0 aliphatic rings. The van der Waals surface area contributed by atoms with Crippen LogP contribution >= 0.6 is 15.9 Å². The lowest BCUT2D eigenvalue weighted by molar-refractivity contribution is -0.137. The summed E-state index contributed by atoms with van der Waals surface area (Å²) in [6, 6.07) is 5.41. The van der Waals surface area contributed by atoms with Gasteiger partial charge in [-0.3, -0.25) is 4.57 Å². The number of benzene rings is 1. The third kappa shape index (κ3) is 2.22. The highest BCUT2D eigenvalue weighted by Gasteiger charge is 2.34. The summed E-state index contributed by atoms with van der Waals surface area (Å²) in [5.74, 6) is 0.494. The van der Waals surface area contributed by atoms with Crippen LogP contribution in [0.2, 0.25) is 0 Å². The van der Waals surface area contributed by atoms with Crippen LogP contribution in [0.15, 0.2) is 35.1 Å². The van der Waals surface area contributed by atoms with Gasteiger partial charge < -0.3 is 0 Å². The number of rotatable bonds is 1. The first kappa shape index (κ1) is 12.2. The lowest BCUT2D eigenvalue weighted by Gasteiger charge is -2.15. The fourth-order valence-corrected chi connectivity index (χ4v) is 2.16. The number of halogens is 4. The summed E-state index contributed by atoms with van der Waals surface area (Å²) in [5, 5.41) is 0. The molecule has 0 unspecified atom stereocenters. The summed E-state index contributed by atoms with van der Waals surface area (Å²) >= 11 is 3.19. The molecule has 0 radical (unpaired) electrons. The summed E-state index contributed by atoms with van der Waals surface area (Å²) in [4.78, 5) is 3.96. The van der Waals surface area contributed by atoms with Crippen LogP contribution < -0.4 is 0 Å². The van der Waals surface area contributed by atoms with Gasteiger partial charge in [0, 0.05) is 0 Å². The number of nitrogens with zero attached hydrogens (tertiary/aromatic N) is 2. The van der Waals surface area contributed by atoms with Gasteiger partial charge in [-0.25, -0.2) is 4.98 Å². The molecule has 2 nitrogen and oxygen atoms in total. The van der Waals surface area contributed by atoms with E-state index in [4.69, 9.17) is 0 Å². The van der Waals surface area contributed by atoms with Crippen LogP contribution in [0.5, 0.6) is 0 Å². The fraction of sp³-hybridized carbons (Fsp3) is 0.182. The van der Waals surface area contributed by atoms with Crippen LogP contribution in [0.4, 0.5) is 13.2 Å². The van der Waals surface area contributed by atoms with Gasteiger partial charge in [0.1, 0.15) is 10.4 Å². The smallest absolute Gasteiger partial charge is 0.290 e. The highest BCUT2D eigenvalue weighted by molar-refractivity contribution is 9.10. The minimum absolute atomic E-state index is 0.0712. The van der Waals surface area contributed by atoms with Crippen molar-refractivity contribution in [2.75, 3.05) is 0 Å². The first-order valence-corrected chi connectivity index (χ1v) is 5.57. The molecule has 0 saturated carbocycles. The second-order valence-corrected chi connectivity index (χ2v) is 4.29. The third-order valence-corrected chi connectivity index (χ3v) is 2.90. The molecule has 0 saturated heterocycles. The maximum atomic E-state index is 12.9. The number of aryl methyl sites for hydroxylation is 1. The summed E-state index contributed by atoms with van der Waals surface area (Å²) in [7, 11) is 0. The Balaban J connectivity index is 2.69. The maximum absolute atomic E-state index is 12.9. The van der Waals surface area contributed by atoms with Crippen molar-refractivity contribution >= 4 is 15.9 Å². The number of aromatic nitrogens is 2. The molecule has 1 aromatic carbocycles. The molecular formula is C11H8BrF3N2.